The molecule has 184 valence electrons. The van der Waals surface area contributed by atoms with E-state index in [0.29, 0.717) is 5.92 Å². The van der Waals surface area contributed by atoms with E-state index < -0.39 is 12.3 Å². The summed E-state index contributed by atoms with van der Waals surface area (Å²) in [5, 5.41) is 15.3. The minimum atomic E-state index is -0.944. The SMILES string of the molecule is CC[C@H](C)[C@@H](N[C@H](O)c1ccccc1-c1ccccc1)C(=O)N1CCC(c2ccc(Cl)cc2)CC1. The number of likely N-dealkylation sites (tertiary alicyclic amines) is 1. The summed E-state index contributed by atoms with van der Waals surface area (Å²) < 4.78 is 0. The van der Waals surface area contributed by atoms with Gasteiger partial charge >= 0.3 is 0 Å². The Labute approximate surface area is 213 Å². The number of hydrogen-bond acceptors (Lipinski definition) is 3. The van der Waals surface area contributed by atoms with Gasteiger partial charge in [0.05, 0.1) is 6.04 Å². The van der Waals surface area contributed by atoms with E-state index in [1.807, 2.05) is 71.6 Å². The zero-order valence-electron chi connectivity index (χ0n) is 20.5. The highest BCUT2D eigenvalue weighted by Gasteiger charge is 2.33. The summed E-state index contributed by atoms with van der Waals surface area (Å²) in [6.07, 6.45) is 1.76. The molecule has 3 aromatic carbocycles. The molecule has 4 rings (SSSR count). The summed E-state index contributed by atoms with van der Waals surface area (Å²) in [4.78, 5) is 15.6. The van der Waals surface area contributed by atoms with Gasteiger partial charge in [0.1, 0.15) is 6.23 Å². The standard InChI is InChI=1S/C30H35ClN2O2/c1-3-21(2)28(30(35)33-19-17-23(18-20-33)22-13-15-25(31)16-14-22)32-29(34)27-12-8-7-11-26(27)24-9-5-4-6-10-24/h4-16,21,23,28-29,32,34H,3,17-20H2,1-2H3/t21-,28+,29+/m0/s1. The van der Waals surface area contributed by atoms with Crippen LogP contribution in [-0.2, 0) is 4.79 Å². The maximum atomic E-state index is 13.6. The molecule has 0 saturated carbocycles. The van der Waals surface area contributed by atoms with Crippen LogP contribution in [0.4, 0.5) is 0 Å². The monoisotopic (exact) mass is 490 g/mol. The van der Waals surface area contributed by atoms with Gasteiger partial charge in [-0.15, -0.1) is 0 Å². The van der Waals surface area contributed by atoms with Gasteiger partial charge in [-0.05, 0) is 53.5 Å². The molecular weight excluding hydrogens is 456 g/mol. The number of nitrogens with one attached hydrogen (secondary N) is 1. The van der Waals surface area contributed by atoms with Crippen molar-refractivity contribution in [1.29, 1.82) is 0 Å². The number of amides is 1. The summed E-state index contributed by atoms with van der Waals surface area (Å²) in [6, 6.07) is 25.5. The molecule has 4 nitrogen and oxygen atoms in total. The van der Waals surface area contributed by atoms with Gasteiger partial charge in [0.2, 0.25) is 5.91 Å². The first-order valence-corrected chi connectivity index (χ1v) is 13.0. The van der Waals surface area contributed by atoms with E-state index in [1.54, 1.807) is 0 Å². The Hall–Kier alpha value is -2.66. The molecule has 5 heteroatoms. The molecule has 0 aromatic heterocycles. The van der Waals surface area contributed by atoms with E-state index in [0.717, 1.165) is 54.1 Å². The molecule has 0 bridgehead atoms. The van der Waals surface area contributed by atoms with Crippen LogP contribution in [0.1, 0.15) is 56.4 Å². The van der Waals surface area contributed by atoms with Crippen LogP contribution in [0.25, 0.3) is 11.1 Å². The second-order valence-corrected chi connectivity index (χ2v) is 9.97. The average molecular weight is 491 g/mol. The van der Waals surface area contributed by atoms with Gasteiger partial charge in [-0.1, -0.05) is 98.6 Å². The van der Waals surface area contributed by atoms with Crippen molar-refractivity contribution < 1.29 is 9.90 Å². The third kappa shape index (κ3) is 6.13. The predicted octanol–water partition coefficient (Wildman–Crippen LogP) is 6.41. The van der Waals surface area contributed by atoms with Gasteiger partial charge < -0.3 is 10.0 Å². The molecule has 1 saturated heterocycles. The minimum Gasteiger partial charge on any atom is -0.374 e. The van der Waals surface area contributed by atoms with E-state index in [1.165, 1.54) is 5.56 Å². The zero-order valence-corrected chi connectivity index (χ0v) is 21.3. The van der Waals surface area contributed by atoms with E-state index >= 15 is 0 Å². The molecular formula is C30H35ClN2O2. The summed E-state index contributed by atoms with van der Waals surface area (Å²) >= 11 is 6.04. The van der Waals surface area contributed by atoms with Crippen LogP contribution in [0.15, 0.2) is 78.9 Å². The Balaban J connectivity index is 1.46. The Morgan fingerprint density at radius 1 is 1.00 bits per heavy atom. The van der Waals surface area contributed by atoms with Crippen molar-refractivity contribution in [2.24, 2.45) is 5.92 Å². The van der Waals surface area contributed by atoms with Crippen molar-refractivity contribution in [1.82, 2.24) is 10.2 Å². The smallest absolute Gasteiger partial charge is 0.240 e. The maximum absolute atomic E-state index is 13.6. The highest BCUT2D eigenvalue weighted by atomic mass is 35.5. The molecule has 1 fully saturated rings. The molecule has 1 aliphatic heterocycles. The summed E-state index contributed by atoms with van der Waals surface area (Å²) in [6.45, 7) is 5.60. The number of carbonyl (C=O) groups is 1. The van der Waals surface area contributed by atoms with Gasteiger partial charge in [-0.2, -0.15) is 0 Å². The first-order valence-electron chi connectivity index (χ1n) is 12.6. The quantitative estimate of drug-likeness (QED) is 0.359. The van der Waals surface area contributed by atoms with Crippen molar-refractivity contribution in [3.8, 4) is 11.1 Å². The van der Waals surface area contributed by atoms with Gasteiger partial charge in [0.25, 0.3) is 0 Å². The predicted molar refractivity (Wildman–Crippen MR) is 143 cm³/mol. The number of benzene rings is 3. The number of aliphatic hydroxyl groups is 1. The van der Waals surface area contributed by atoms with Gasteiger partial charge in [0, 0.05) is 23.7 Å². The van der Waals surface area contributed by atoms with Crippen molar-refractivity contribution in [2.75, 3.05) is 13.1 Å². The van der Waals surface area contributed by atoms with Crippen LogP contribution < -0.4 is 5.32 Å². The van der Waals surface area contributed by atoms with Crippen LogP contribution in [0.5, 0.6) is 0 Å². The molecule has 35 heavy (non-hydrogen) atoms. The average Bonchev–Trinajstić information content (AvgIpc) is 2.92. The fourth-order valence-corrected chi connectivity index (χ4v) is 5.08. The normalized spacial score (nSPS) is 17.1. The molecule has 0 spiro atoms. The van der Waals surface area contributed by atoms with Crippen molar-refractivity contribution in [2.45, 2.75) is 51.3 Å². The molecule has 0 radical (unpaired) electrons. The van der Waals surface area contributed by atoms with Crippen LogP contribution in [-0.4, -0.2) is 35.0 Å². The lowest BCUT2D eigenvalue weighted by Gasteiger charge is -2.37. The van der Waals surface area contributed by atoms with E-state index in [2.05, 4.69) is 31.3 Å². The zero-order chi connectivity index (χ0) is 24.8. The molecule has 0 unspecified atom stereocenters. The second-order valence-electron chi connectivity index (χ2n) is 9.54. The number of hydrogen-bond donors (Lipinski definition) is 2. The Bertz CT molecular complexity index is 1090. The summed E-state index contributed by atoms with van der Waals surface area (Å²) in [7, 11) is 0. The summed E-state index contributed by atoms with van der Waals surface area (Å²) in [5.41, 5.74) is 4.07. The first-order chi connectivity index (χ1) is 17.0. The number of nitrogens with zero attached hydrogens (tertiary/aromatic N) is 1. The third-order valence-electron chi connectivity index (χ3n) is 7.30. The molecule has 3 atom stereocenters. The lowest BCUT2D eigenvalue weighted by molar-refractivity contribution is -0.137. The number of rotatable bonds is 8. The van der Waals surface area contributed by atoms with E-state index in [9.17, 15) is 9.90 Å². The van der Waals surface area contributed by atoms with Crippen LogP contribution in [0.2, 0.25) is 5.02 Å². The Morgan fingerprint density at radius 3 is 2.29 bits per heavy atom. The number of aliphatic hydroxyl groups excluding tert-OH is 1. The lowest BCUT2D eigenvalue weighted by Crippen LogP contribution is -2.52. The second kappa shape index (κ2) is 11.9. The first kappa shape index (κ1) is 25.4. The molecule has 3 aromatic rings. The van der Waals surface area contributed by atoms with Gasteiger partial charge in [0.15, 0.2) is 0 Å². The largest absolute Gasteiger partial charge is 0.374 e. The van der Waals surface area contributed by atoms with Crippen molar-refractivity contribution in [3.05, 3.63) is 95.0 Å². The van der Waals surface area contributed by atoms with Crippen LogP contribution in [0, 0.1) is 5.92 Å². The summed E-state index contributed by atoms with van der Waals surface area (Å²) in [5.74, 6) is 0.606. The number of piperidine rings is 1. The molecule has 1 heterocycles. The van der Waals surface area contributed by atoms with Crippen molar-refractivity contribution in [3.63, 3.8) is 0 Å². The third-order valence-corrected chi connectivity index (χ3v) is 7.56. The Morgan fingerprint density at radius 2 is 1.63 bits per heavy atom. The van der Waals surface area contributed by atoms with E-state index in [-0.39, 0.29) is 11.8 Å². The fraction of sp³-hybridized carbons (Fsp3) is 0.367. The highest BCUT2D eigenvalue weighted by Crippen LogP contribution is 2.31. The highest BCUT2D eigenvalue weighted by molar-refractivity contribution is 6.30. The van der Waals surface area contributed by atoms with Gasteiger partial charge in [-0.25, -0.2) is 0 Å². The molecule has 0 aliphatic carbocycles. The Kier molecular flexibility index (Phi) is 8.61. The number of carbonyl (C=O) groups excluding carboxylic acids is 1. The maximum Gasteiger partial charge on any atom is 0.240 e. The molecule has 1 aliphatic rings. The number of halogens is 1. The fourth-order valence-electron chi connectivity index (χ4n) is 4.96. The van der Waals surface area contributed by atoms with Crippen molar-refractivity contribution >= 4 is 17.5 Å². The molecule has 2 N–H and O–H groups in total. The van der Waals surface area contributed by atoms with Crippen LogP contribution >= 0.6 is 11.6 Å². The van der Waals surface area contributed by atoms with E-state index in [4.69, 9.17) is 11.6 Å². The minimum absolute atomic E-state index is 0.0742. The van der Waals surface area contributed by atoms with Crippen LogP contribution in [0.3, 0.4) is 0 Å². The topological polar surface area (TPSA) is 52.6 Å². The molecule has 1 amide bonds. The lowest BCUT2D eigenvalue weighted by atomic mass is 9.88. The van der Waals surface area contributed by atoms with Gasteiger partial charge in [-0.3, -0.25) is 10.1 Å².